The van der Waals surface area contributed by atoms with E-state index in [4.69, 9.17) is 5.84 Å². The maximum Gasteiger partial charge on any atom is 0.280 e. The van der Waals surface area contributed by atoms with Crippen molar-refractivity contribution in [1.29, 1.82) is 0 Å². The van der Waals surface area contributed by atoms with Gasteiger partial charge in [-0.1, -0.05) is 0 Å². The number of nitrogens with two attached hydrogens (primary N) is 1. The Bertz CT molecular complexity index is 539. The standard InChI is InChI=1S/C10H12F2N6/c1-2-18-4-3-6(17-18)7-5-8(9(11)12)15-10(14-7)16-13/h3-5,9H,2,13H2,1H3,(H,14,15,16). The summed E-state index contributed by atoms with van der Waals surface area (Å²) >= 11 is 0. The van der Waals surface area contributed by atoms with Crippen molar-refractivity contribution in [3.8, 4) is 11.4 Å². The number of rotatable bonds is 4. The molecule has 0 saturated heterocycles. The molecule has 0 saturated carbocycles. The van der Waals surface area contributed by atoms with Gasteiger partial charge in [-0.25, -0.2) is 24.6 Å². The fourth-order valence-electron chi connectivity index (χ4n) is 1.45. The SMILES string of the molecule is CCn1ccc(-c2cc(C(F)F)nc(NN)n2)n1. The minimum absolute atomic E-state index is 0.0613. The molecule has 18 heavy (non-hydrogen) atoms. The van der Waals surface area contributed by atoms with Crippen LogP contribution in [0.15, 0.2) is 18.3 Å². The van der Waals surface area contributed by atoms with Crippen molar-refractivity contribution in [2.75, 3.05) is 5.43 Å². The molecule has 0 atom stereocenters. The summed E-state index contributed by atoms with van der Waals surface area (Å²) in [7, 11) is 0. The van der Waals surface area contributed by atoms with E-state index in [2.05, 4.69) is 20.5 Å². The quantitative estimate of drug-likeness (QED) is 0.639. The lowest BCUT2D eigenvalue weighted by Gasteiger charge is -2.05. The number of nitrogen functional groups attached to an aromatic ring is 1. The van der Waals surface area contributed by atoms with Crippen molar-refractivity contribution in [1.82, 2.24) is 19.7 Å². The number of hydrazine groups is 1. The van der Waals surface area contributed by atoms with E-state index in [1.807, 2.05) is 6.92 Å². The highest BCUT2D eigenvalue weighted by Crippen LogP contribution is 2.23. The molecule has 0 aliphatic carbocycles. The molecule has 2 rings (SSSR count). The summed E-state index contributed by atoms with van der Waals surface area (Å²) in [5.41, 5.74) is 2.58. The van der Waals surface area contributed by atoms with Crippen molar-refractivity contribution < 1.29 is 8.78 Å². The molecule has 6 nitrogen and oxygen atoms in total. The van der Waals surface area contributed by atoms with Crippen LogP contribution in [-0.4, -0.2) is 19.7 Å². The Kier molecular flexibility index (Phi) is 3.47. The lowest BCUT2D eigenvalue weighted by Crippen LogP contribution is -2.12. The number of aromatic nitrogens is 4. The van der Waals surface area contributed by atoms with Crippen LogP contribution in [0, 0.1) is 0 Å². The monoisotopic (exact) mass is 254 g/mol. The molecule has 0 amide bonds. The van der Waals surface area contributed by atoms with Crippen LogP contribution >= 0.6 is 0 Å². The van der Waals surface area contributed by atoms with E-state index < -0.39 is 6.43 Å². The van der Waals surface area contributed by atoms with Crippen LogP contribution in [0.1, 0.15) is 19.0 Å². The molecule has 0 aliphatic heterocycles. The van der Waals surface area contributed by atoms with E-state index in [1.54, 1.807) is 16.9 Å². The first kappa shape index (κ1) is 12.4. The molecule has 2 aromatic heterocycles. The average molecular weight is 254 g/mol. The first-order valence-electron chi connectivity index (χ1n) is 5.31. The third kappa shape index (κ3) is 2.43. The maximum atomic E-state index is 12.7. The molecule has 0 aromatic carbocycles. The topological polar surface area (TPSA) is 81.7 Å². The van der Waals surface area contributed by atoms with Gasteiger partial charge in [0.15, 0.2) is 0 Å². The molecule has 2 heterocycles. The van der Waals surface area contributed by atoms with Gasteiger partial charge in [-0.2, -0.15) is 5.10 Å². The lowest BCUT2D eigenvalue weighted by molar-refractivity contribution is 0.146. The van der Waals surface area contributed by atoms with Gasteiger partial charge in [0, 0.05) is 12.7 Å². The molecular formula is C10H12F2N6. The largest absolute Gasteiger partial charge is 0.292 e. The summed E-state index contributed by atoms with van der Waals surface area (Å²) in [6, 6.07) is 2.90. The Morgan fingerprint density at radius 1 is 1.39 bits per heavy atom. The third-order valence-electron chi connectivity index (χ3n) is 2.33. The highest BCUT2D eigenvalue weighted by atomic mass is 19.3. The molecule has 2 aromatic rings. The molecule has 0 aliphatic rings. The Labute approximate surface area is 102 Å². The zero-order valence-corrected chi connectivity index (χ0v) is 9.64. The van der Waals surface area contributed by atoms with E-state index in [0.29, 0.717) is 17.9 Å². The van der Waals surface area contributed by atoms with Gasteiger partial charge in [0.25, 0.3) is 6.43 Å². The van der Waals surface area contributed by atoms with E-state index in [9.17, 15) is 8.78 Å². The summed E-state index contributed by atoms with van der Waals surface area (Å²) < 4.78 is 27.0. The van der Waals surface area contributed by atoms with Gasteiger partial charge < -0.3 is 0 Å². The molecule has 8 heteroatoms. The molecule has 0 radical (unpaired) electrons. The first-order valence-corrected chi connectivity index (χ1v) is 5.31. The smallest absolute Gasteiger partial charge is 0.280 e. The normalized spacial score (nSPS) is 10.9. The summed E-state index contributed by atoms with van der Waals surface area (Å²) in [6.07, 6.45) is -0.943. The summed E-state index contributed by atoms with van der Waals surface area (Å²) in [4.78, 5) is 7.57. The predicted molar refractivity (Wildman–Crippen MR) is 61.7 cm³/mol. The van der Waals surface area contributed by atoms with E-state index >= 15 is 0 Å². The highest BCUT2D eigenvalue weighted by Gasteiger charge is 2.14. The van der Waals surface area contributed by atoms with Crippen molar-refractivity contribution in [2.24, 2.45) is 5.84 Å². The Balaban J connectivity index is 2.45. The second-order valence-electron chi connectivity index (χ2n) is 3.50. The van der Waals surface area contributed by atoms with Gasteiger partial charge in [0.05, 0.1) is 5.69 Å². The Hall–Kier alpha value is -2.09. The van der Waals surface area contributed by atoms with Crippen LogP contribution in [0.4, 0.5) is 14.7 Å². The lowest BCUT2D eigenvalue weighted by atomic mass is 10.2. The van der Waals surface area contributed by atoms with Crippen LogP contribution in [-0.2, 0) is 6.54 Å². The molecule has 96 valence electrons. The van der Waals surface area contributed by atoms with Gasteiger partial charge in [-0.05, 0) is 19.1 Å². The van der Waals surface area contributed by atoms with Crippen LogP contribution in [0.3, 0.4) is 0 Å². The summed E-state index contributed by atoms with van der Waals surface area (Å²) in [5, 5.41) is 4.19. The van der Waals surface area contributed by atoms with Crippen LogP contribution < -0.4 is 11.3 Å². The summed E-state index contributed by atoms with van der Waals surface area (Å²) in [5.74, 6) is 5.09. The zero-order chi connectivity index (χ0) is 13.1. The van der Waals surface area contributed by atoms with E-state index in [1.165, 1.54) is 6.07 Å². The number of alkyl halides is 2. The number of nitrogens with one attached hydrogen (secondary N) is 1. The van der Waals surface area contributed by atoms with Gasteiger partial charge in [-0.3, -0.25) is 10.1 Å². The van der Waals surface area contributed by atoms with Crippen LogP contribution in [0.25, 0.3) is 11.4 Å². The predicted octanol–water partition coefficient (Wildman–Crippen LogP) is 1.58. The molecule has 0 bridgehead atoms. The number of hydrogen-bond donors (Lipinski definition) is 2. The van der Waals surface area contributed by atoms with Crippen molar-refractivity contribution in [3.63, 3.8) is 0 Å². The van der Waals surface area contributed by atoms with Crippen molar-refractivity contribution in [2.45, 2.75) is 19.9 Å². The minimum Gasteiger partial charge on any atom is -0.292 e. The average Bonchev–Trinajstić information content (AvgIpc) is 2.86. The summed E-state index contributed by atoms with van der Waals surface area (Å²) in [6.45, 7) is 2.61. The van der Waals surface area contributed by atoms with Crippen molar-refractivity contribution in [3.05, 3.63) is 24.0 Å². The number of anilines is 1. The van der Waals surface area contributed by atoms with Crippen molar-refractivity contribution >= 4 is 5.95 Å². The van der Waals surface area contributed by atoms with E-state index in [0.717, 1.165) is 0 Å². The first-order chi connectivity index (χ1) is 8.63. The minimum atomic E-state index is -2.69. The van der Waals surface area contributed by atoms with Gasteiger partial charge in [-0.15, -0.1) is 0 Å². The fraction of sp³-hybridized carbons (Fsp3) is 0.300. The van der Waals surface area contributed by atoms with E-state index in [-0.39, 0.29) is 11.6 Å². The van der Waals surface area contributed by atoms with Gasteiger partial charge in [0.2, 0.25) is 5.95 Å². The number of hydrogen-bond acceptors (Lipinski definition) is 5. The van der Waals surface area contributed by atoms with Crippen LogP contribution in [0.5, 0.6) is 0 Å². The molecule has 0 fully saturated rings. The molecule has 3 N–H and O–H groups in total. The van der Waals surface area contributed by atoms with Crippen LogP contribution in [0.2, 0.25) is 0 Å². The molecular weight excluding hydrogens is 242 g/mol. The number of aryl methyl sites for hydroxylation is 1. The zero-order valence-electron chi connectivity index (χ0n) is 9.64. The highest BCUT2D eigenvalue weighted by molar-refractivity contribution is 5.55. The number of halogens is 2. The van der Waals surface area contributed by atoms with Gasteiger partial charge in [0.1, 0.15) is 11.4 Å². The molecule has 0 spiro atoms. The third-order valence-corrected chi connectivity index (χ3v) is 2.33. The fourth-order valence-corrected chi connectivity index (χ4v) is 1.45. The molecule has 0 unspecified atom stereocenters. The Morgan fingerprint density at radius 2 is 2.17 bits per heavy atom. The second kappa shape index (κ2) is 5.05. The second-order valence-corrected chi connectivity index (χ2v) is 3.50. The Morgan fingerprint density at radius 3 is 2.72 bits per heavy atom. The van der Waals surface area contributed by atoms with Gasteiger partial charge >= 0.3 is 0 Å². The maximum absolute atomic E-state index is 12.7. The number of nitrogens with zero attached hydrogens (tertiary/aromatic N) is 4.